The predicted octanol–water partition coefficient (Wildman–Crippen LogP) is 3.43. The van der Waals surface area contributed by atoms with Gasteiger partial charge in [-0.15, -0.1) is 0 Å². The van der Waals surface area contributed by atoms with Crippen molar-refractivity contribution in [2.24, 2.45) is 0 Å². The van der Waals surface area contributed by atoms with Gasteiger partial charge in [0.1, 0.15) is 0 Å². The molecule has 0 radical (unpaired) electrons. The van der Waals surface area contributed by atoms with Gasteiger partial charge >= 0.3 is 23.2 Å². The topological polar surface area (TPSA) is 26.3 Å². The van der Waals surface area contributed by atoms with Crippen LogP contribution < -0.4 is 0 Å². The number of hydrogen-bond donors (Lipinski definition) is 0. The minimum Gasteiger partial charge on any atom is -0.461 e. The van der Waals surface area contributed by atoms with E-state index in [-0.39, 0.29) is 6.42 Å². The molecule has 0 rings (SSSR count). The van der Waals surface area contributed by atoms with Crippen molar-refractivity contribution in [3.05, 3.63) is 0 Å². The summed E-state index contributed by atoms with van der Waals surface area (Å²) in [6, 6.07) is 0. The molecule has 2 nitrogen and oxygen atoms in total. The Hall–Kier alpha value is -0.660. The van der Waals surface area contributed by atoms with Crippen molar-refractivity contribution in [2.45, 2.75) is 37.0 Å². The molecule has 0 atom stereocenters. The molecule has 0 heterocycles. The predicted molar refractivity (Wildman–Crippen MR) is 46.6 cm³/mol. The van der Waals surface area contributed by atoms with Gasteiger partial charge in [0, 0.05) is 0 Å². The SMILES string of the molecule is CCCCOC(=O)C(F)(F)C(F)(F)C(F)(F)Cl. The third-order valence-corrected chi connectivity index (χ3v) is 1.98. The molecular weight excluding hydrogens is 278 g/mol. The molecule has 17 heavy (non-hydrogen) atoms. The number of carbonyl (C=O) groups excluding carboxylic acids is 1. The van der Waals surface area contributed by atoms with Crippen LogP contribution in [-0.4, -0.2) is 29.8 Å². The normalized spacial score (nSPS) is 13.6. The summed E-state index contributed by atoms with van der Waals surface area (Å²) in [7, 11) is 0. The van der Waals surface area contributed by atoms with Gasteiger partial charge < -0.3 is 4.74 Å². The second kappa shape index (κ2) is 5.32. The first-order chi connectivity index (χ1) is 7.48. The quantitative estimate of drug-likeness (QED) is 0.324. The summed E-state index contributed by atoms with van der Waals surface area (Å²) >= 11 is 3.84. The van der Waals surface area contributed by atoms with E-state index in [1.165, 1.54) is 0 Å². The molecule has 0 fully saturated rings. The maximum Gasteiger partial charge on any atom is 0.412 e. The smallest absolute Gasteiger partial charge is 0.412 e. The standard InChI is InChI=1S/C8H9ClF6O2/c1-2-3-4-17-5(16)6(10,11)7(12,13)8(9,14)15/h2-4H2,1H3. The second-order valence-corrected chi connectivity index (χ2v) is 3.61. The fraction of sp³-hybridized carbons (Fsp3) is 0.875. The maximum atomic E-state index is 12.7. The van der Waals surface area contributed by atoms with E-state index < -0.39 is 29.8 Å². The first-order valence-corrected chi connectivity index (χ1v) is 4.85. The Labute approximate surface area is 97.9 Å². The summed E-state index contributed by atoms with van der Waals surface area (Å²) in [5.41, 5.74) is 0. The van der Waals surface area contributed by atoms with Gasteiger partial charge in [-0.1, -0.05) is 13.3 Å². The van der Waals surface area contributed by atoms with Crippen LogP contribution in [0.5, 0.6) is 0 Å². The van der Waals surface area contributed by atoms with Crippen LogP contribution in [0.25, 0.3) is 0 Å². The molecule has 0 aromatic carbocycles. The van der Waals surface area contributed by atoms with E-state index in [0.29, 0.717) is 6.42 Å². The zero-order valence-corrected chi connectivity index (χ0v) is 9.34. The number of halogens is 7. The van der Waals surface area contributed by atoms with Crippen LogP contribution in [0, 0.1) is 0 Å². The van der Waals surface area contributed by atoms with Crippen LogP contribution >= 0.6 is 11.6 Å². The highest BCUT2D eigenvalue weighted by molar-refractivity contribution is 6.22. The molecule has 0 bridgehead atoms. The lowest BCUT2D eigenvalue weighted by Crippen LogP contribution is -2.56. The van der Waals surface area contributed by atoms with Gasteiger partial charge in [0.15, 0.2) is 0 Å². The van der Waals surface area contributed by atoms with Crippen LogP contribution in [0.4, 0.5) is 26.3 Å². The molecule has 0 saturated carbocycles. The van der Waals surface area contributed by atoms with E-state index in [1.807, 2.05) is 0 Å². The Morgan fingerprint density at radius 1 is 1.18 bits per heavy atom. The molecule has 0 aliphatic heterocycles. The van der Waals surface area contributed by atoms with Crippen molar-refractivity contribution >= 4 is 17.6 Å². The van der Waals surface area contributed by atoms with E-state index in [0.717, 1.165) is 0 Å². The number of carbonyl (C=O) groups is 1. The van der Waals surface area contributed by atoms with Gasteiger partial charge in [-0.2, -0.15) is 26.3 Å². The van der Waals surface area contributed by atoms with Crippen molar-refractivity contribution in [3.63, 3.8) is 0 Å². The first kappa shape index (κ1) is 16.3. The Morgan fingerprint density at radius 2 is 1.65 bits per heavy atom. The van der Waals surface area contributed by atoms with E-state index in [2.05, 4.69) is 16.3 Å². The van der Waals surface area contributed by atoms with Gasteiger partial charge in [-0.25, -0.2) is 4.79 Å². The molecule has 0 amide bonds. The molecule has 0 aliphatic rings. The fourth-order valence-electron chi connectivity index (χ4n) is 0.706. The van der Waals surface area contributed by atoms with Gasteiger partial charge in [-0.3, -0.25) is 0 Å². The average molecular weight is 287 g/mol. The molecule has 0 aromatic rings. The first-order valence-electron chi connectivity index (χ1n) is 4.48. The van der Waals surface area contributed by atoms with Crippen molar-refractivity contribution in [3.8, 4) is 0 Å². The van der Waals surface area contributed by atoms with Gasteiger partial charge in [0.25, 0.3) is 0 Å². The largest absolute Gasteiger partial charge is 0.461 e. The number of alkyl halides is 7. The van der Waals surface area contributed by atoms with Crippen molar-refractivity contribution in [1.29, 1.82) is 0 Å². The second-order valence-electron chi connectivity index (χ2n) is 3.14. The average Bonchev–Trinajstić information content (AvgIpc) is 2.15. The maximum absolute atomic E-state index is 12.7. The monoisotopic (exact) mass is 286 g/mol. The summed E-state index contributed by atoms with van der Waals surface area (Å²) in [5.74, 6) is -14.4. The molecular formula is C8H9ClF6O2. The highest BCUT2D eigenvalue weighted by Gasteiger charge is 2.75. The van der Waals surface area contributed by atoms with E-state index in [9.17, 15) is 31.1 Å². The molecule has 0 saturated heterocycles. The Morgan fingerprint density at radius 3 is 2.00 bits per heavy atom. The number of ether oxygens (including phenoxy) is 1. The number of esters is 1. The summed E-state index contributed by atoms with van der Waals surface area (Å²) in [6.45, 7) is 1.06. The van der Waals surface area contributed by atoms with Gasteiger partial charge in [0.2, 0.25) is 0 Å². The van der Waals surface area contributed by atoms with Crippen LogP contribution in [0.15, 0.2) is 0 Å². The highest BCUT2D eigenvalue weighted by Crippen LogP contribution is 2.48. The Bertz CT molecular complexity index is 276. The van der Waals surface area contributed by atoms with Crippen LogP contribution in [-0.2, 0) is 9.53 Å². The molecule has 102 valence electrons. The summed E-state index contributed by atoms with van der Waals surface area (Å²) < 4.78 is 78.4. The van der Waals surface area contributed by atoms with E-state index in [4.69, 9.17) is 0 Å². The fourth-order valence-corrected chi connectivity index (χ4v) is 0.825. The molecule has 0 aliphatic carbocycles. The lowest BCUT2D eigenvalue weighted by Gasteiger charge is -2.27. The van der Waals surface area contributed by atoms with Crippen molar-refractivity contribution < 1.29 is 35.9 Å². The Kier molecular flexibility index (Phi) is 5.12. The molecule has 9 heteroatoms. The number of hydrogen-bond acceptors (Lipinski definition) is 2. The van der Waals surface area contributed by atoms with Crippen LogP contribution in [0.1, 0.15) is 19.8 Å². The zero-order chi connectivity index (χ0) is 13.9. The van der Waals surface area contributed by atoms with Crippen LogP contribution in [0.3, 0.4) is 0 Å². The lowest BCUT2D eigenvalue weighted by molar-refractivity contribution is -0.278. The zero-order valence-electron chi connectivity index (χ0n) is 8.58. The Balaban J connectivity index is 4.82. The number of unbranched alkanes of at least 4 members (excludes halogenated alkanes) is 1. The number of rotatable bonds is 6. The molecule has 0 N–H and O–H groups in total. The van der Waals surface area contributed by atoms with Crippen molar-refractivity contribution in [1.82, 2.24) is 0 Å². The lowest BCUT2D eigenvalue weighted by atomic mass is 10.2. The van der Waals surface area contributed by atoms with Crippen molar-refractivity contribution in [2.75, 3.05) is 6.61 Å². The minimum absolute atomic E-state index is 0.144. The minimum atomic E-state index is -6.02. The van der Waals surface area contributed by atoms with E-state index in [1.54, 1.807) is 6.92 Å². The summed E-state index contributed by atoms with van der Waals surface area (Å²) in [5, 5.41) is -5.56. The van der Waals surface area contributed by atoms with Gasteiger partial charge in [0.05, 0.1) is 6.61 Å². The molecule has 0 spiro atoms. The molecule has 0 aromatic heterocycles. The third kappa shape index (κ3) is 3.40. The third-order valence-electron chi connectivity index (χ3n) is 1.74. The van der Waals surface area contributed by atoms with Gasteiger partial charge in [-0.05, 0) is 18.0 Å². The van der Waals surface area contributed by atoms with E-state index >= 15 is 0 Å². The van der Waals surface area contributed by atoms with Crippen LogP contribution in [0.2, 0.25) is 0 Å². The summed E-state index contributed by atoms with van der Waals surface area (Å²) in [4.78, 5) is 10.6. The summed E-state index contributed by atoms with van der Waals surface area (Å²) in [6.07, 6.45) is 0.589. The molecule has 0 unspecified atom stereocenters. The highest BCUT2D eigenvalue weighted by atomic mass is 35.5.